The van der Waals surface area contributed by atoms with Crippen LogP contribution in [0.4, 0.5) is 0 Å². The minimum Gasteiger partial charge on any atom is -0.311 e. The second-order valence-corrected chi connectivity index (χ2v) is 5.43. The Hall–Kier alpha value is -0.0400. The van der Waals surface area contributed by atoms with Crippen LogP contribution in [-0.2, 0) is 0 Å². The van der Waals surface area contributed by atoms with Gasteiger partial charge in [-0.25, -0.2) is 0 Å². The van der Waals surface area contributed by atoms with Crippen LogP contribution in [0, 0.1) is 0 Å². The molecule has 1 N–H and O–H groups in total. The van der Waals surface area contributed by atoms with E-state index in [4.69, 9.17) is 0 Å². The number of hydrogen-bond acceptors (Lipinski definition) is 1. The summed E-state index contributed by atoms with van der Waals surface area (Å²) in [4.78, 5) is 0. The third kappa shape index (κ3) is 7.81. The maximum absolute atomic E-state index is 3.82. The lowest BCUT2D eigenvalue weighted by molar-refractivity contribution is 0.269. The van der Waals surface area contributed by atoms with Crippen molar-refractivity contribution in [3.05, 3.63) is 0 Å². The van der Waals surface area contributed by atoms with Crippen molar-refractivity contribution in [1.82, 2.24) is 5.32 Å². The molecule has 0 unspecified atom stereocenters. The fourth-order valence-corrected chi connectivity index (χ4v) is 2.54. The lowest BCUT2D eigenvalue weighted by Crippen LogP contribution is -2.44. The molecule has 0 saturated heterocycles. The van der Waals surface area contributed by atoms with Crippen molar-refractivity contribution in [2.45, 2.75) is 97.4 Å². The largest absolute Gasteiger partial charge is 0.311 e. The normalized spacial score (nSPS) is 12.0. The monoisotopic (exact) mass is 241 g/mol. The fraction of sp³-hybridized carbons (Fsp3) is 1.00. The Kier molecular flexibility index (Phi) is 11.0. The first kappa shape index (κ1) is 17.0. The van der Waals surface area contributed by atoms with Crippen LogP contribution in [0.25, 0.3) is 0 Å². The molecule has 0 rings (SSSR count). The summed E-state index contributed by atoms with van der Waals surface area (Å²) in [7, 11) is 0. The molecule has 0 radical (unpaired) electrons. The molecule has 1 nitrogen and oxygen atoms in total. The molecule has 0 aromatic heterocycles. The lowest BCUT2D eigenvalue weighted by Gasteiger charge is -2.33. The van der Waals surface area contributed by atoms with Gasteiger partial charge in [0.15, 0.2) is 0 Å². The minimum absolute atomic E-state index is 0.432. The summed E-state index contributed by atoms with van der Waals surface area (Å²) in [5, 5.41) is 3.82. The van der Waals surface area contributed by atoms with E-state index in [1.165, 1.54) is 70.8 Å². The molecule has 0 fully saturated rings. The van der Waals surface area contributed by atoms with Gasteiger partial charge in [0.2, 0.25) is 0 Å². The molecule has 0 heterocycles. The number of rotatable bonds is 12. The van der Waals surface area contributed by atoms with Crippen LogP contribution >= 0.6 is 0 Å². The van der Waals surface area contributed by atoms with Crippen LogP contribution in [0.2, 0.25) is 0 Å². The molecule has 0 atom stereocenters. The van der Waals surface area contributed by atoms with Gasteiger partial charge in [0, 0.05) is 5.54 Å². The molecular weight excluding hydrogens is 206 g/mol. The fourth-order valence-electron chi connectivity index (χ4n) is 2.54. The second kappa shape index (κ2) is 11.1. The molecule has 0 saturated carbocycles. The smallest absolute Gasteiger partial charge is 0.0176 e. The summed E-state index contributed by atoms with van der Waals surface area (Å²) in [6.07, 6.45) is 13.6. The van der Waals surface area contributed by atoms with Crippen molar-refractivity contribution in [3.63, 3.8) is 0 Å². The Balaban J connectivity index is 3.85. The highest BCUT2D eigenvalue weighted by atomic mass is 15.0. The van der Waals surface area contributed by atoms with Crippen molar-refractivity contribution in [1.29, 1.82) is 0 Å². The summed E-state index contributed by atoms with van der Waals surface area (Å²) >= 11 is 0. The van der Waals surface area contributed by atoms with Crippen molar-refractivity contribution >= 4 is 0 Å². The Morgan fingerprint density at radius 3 is 1.82 bits per heavy atom. The average Bonchev–Trinajstić information content (AvgIpc) is 2.37. The Bertz CT molecular complexity index is 150. The van der Waals surface area contributed by atoms with Crippen LogP contribution < -0.4 is 5.32 Å². The molecule has 0 aliphatic heterocycles. The molecule has 0 aliphatic carbocycles. The van der Waals surface area contributed by atoms with E-state index in [2.05, 4.69) is 33.0 Å². The molecular formula is C16H35N. The van der Waals surface area contributed by atoms with Gasteiger partial charge in [0.05, 0.1) is 0 Å². The van der Waals surface area contributed by atoms with E-state index < -0.39 is 0 Å². The van der Waals surface area contributed by atoms with Crippen LogP contribution in [0.5, 0.6) is 0 Å². The first-order chi connectivity index (χ1) is 8.24. The zero-order chi connectivity index (χ0) is 13.0. The van der Waals surface area contributed by atoms with Gasteiger partial charge in [-0.3, -0.25) is 0 Å². The third-order valence-corrected chi connectivity index (χ3v) is 4.14. The molecule has 0 spiro atoms. The predicted molar refractivity (Wildman–Crippen MR) is 79.6 cm³/mol. The first-order valence-electron chi connectivity index (χ1n) is 7.99. The highest BCUT2D eigenvalue weighted by Gasteiger charge is 2.23. The molecule has 0 bridgehead atoms. The van der Waals surface area contributed by atoms with E-state index >= 15 is 0 Å². The Labute approximate surface area is 110 Å². The molecule has 0 aliphatic rings. The van der Waals surface area contributed by atoms with Gasteiger partial charge in [-0.1, -0.05) is 66.2 Å². The average molecular weight is 241 g/mol. The molecule has 17 heavy (non-hydrogen) atoms. The molecule has 0 aromatic rings. The topological polar surface area (TPSA) is 12.0 Å². The van der Waals surface area contributed by atoms with Gasteiger partial charge < -0.3 is 5.32 Å². The van der Waals surface area contributed by atoms with E-state index in [0.717, 1.165) is 0 Å². The van der Waals surface area contributed by atoms with Gasteiger partial charge in [-0.05, 0) is 32.2 Å². The number of hydrogen-bond donors (Lipinski definition) is 1. The third-order valence-electron chi connectivity index (χ3n) is 4.14. The Morgan fingerprint density at radius 1 is 0.706 bits per heavy atom. The zero-order valence-corrected chi connectivity index (χ0v) is 12.8. The predicted octanol–water partition coefficient (Wildman–Crippen LogP) is 5.30. The zero-order valence-electron chi connectivity index (χ0n) is 12.8. The highest BCUT2D eigenvalue weighted by Crippen LogP contribution is 2.23. The SMILES string of the molecule is CCCCCCCC(CC)(CC)NCCCC. The van der Waals surface area contributed by atoms with E-state index in [9.17, 15) is 0 Å². The highest BCUT2D eigenvalue weighted by molar-refractivity contribution is 4.85. The molecule has 104 valence electrons. The minimum atomic E-state index is 0.432. The number of unbranched alkanes of at least 4 members (excludes halogenated alkanes) is 5. The van der Waals surface area contributed by atoms with Crippen LogP contribution in [0.1, 0.15) is 91.9 Å². The molecule has 0 amide bonds. The van der Waals surface area contributed by atoms with Crippen LogP contribution in [-0.4, -0.2) is 12.1 Å². The summed E-state index contributed by atoms with van der Waals surface area (Å²) in [5.74, 6) is 0. The quantitative estimate of drug-likeness (QED) is 0.457. The van der Waals surface area contributed by atoms with Gasteiger partial charge >= 0.3 is 0 Å². The molecule has 1 heteroatoms. The van der Waals surface area contributed by atoms with E-state index in [1.807, 2.05) is 0 Å². The van der Waals surface area contributed by atoms with E-state index in [1.54, 1.807) is 0 Å². The van der Waals surface area contributed by atoms with Gasteiger partial charge in [-0.15, -0.1) is 0 Å². The van der Waals surface area contributed by atoms with Crippen LogP contribution in [0.15, 0.2) is 0 Å². The van der Waals surface area contributed by atoms with Crippen molar-refractivity contribution in [2.75, 3.05) is 6.54 Å². The first-order valence-corrected chi connectivity index (χ1v) is 7.99. The maximum Gasteiger partial charge on any atom is 0.0176 e. The van der Waals surface area contributed by atoms with Gasteiger partial charge in [0.1, 0.15) is 0 Å². The van der Waals surface area contributed by atoms with Crippen LogP contribution in [0.3, 0.4) is 0 Å². The van der Waals surface area contributed by atoms with E-state index in [-0.39, 0.29) is 0 Å². The molecule has 0 aromatic carbocycles. The summed E-state index contributed by atoms with van der Waals surface area (Å²) in [6, 6.07) is 0. The Morgan fingerprint density at radius 2 is 1.29 bits per heavy atom. The summed E-state index contributed by atoms with van der Waals surface area (Å²) in [5.41, 5.74) is 0.432. The second-order valence-electron chi connectivity index (χ2n) is 5.43. The lowest BCUT2D eigenvalue weighted by atomic mass is 9.86. The standard InChI is InChI=1S/C16H35N/c1-5-9-11-12-13-14-16(7-3,8-4)17-15-10-6-2/h17H,5-15H2,1-4H3. The van der Waals surface area contributed by atoms with E-state index in [0.29, 0.717) is 5.54 Å². The van der Waals surface area contributed by atoms with Crippen molar-refractivity contribution < 1.29 is 0 Å². The van der Waals surface area contributed by atoms with Gasteiger partial charge in [-0.2, -0.15) is 0 Å². The summed E-state index contributed by atoms with van der Waals surface area (Å²) in [6.45, 7) is 10.4. The summed E-state index contributed by atoms with van der Waals surface area (Å²) < 4.78 is 0. The number of nitrogens with one attached hydrogen (secondary N) is 1. The van der Waals surface area contributed by atoms with Crippen molar-refractivity contribution in [3.8, 4) is 0 Å². The maximum atomic E-state index is 3.82. The van der Waals surface area contributed by atoms with Gasteiger partial charge in [0.25, 0.3) is 0 Å². The van der Waals surface area contributed by atoms with Crippen molar-refractivity contribution in [2.24, 2.45) is 0 Å².